The van der Waals surface area contributed by atoms with Crippen molar-refractivity contribution in [1.82, 2.24) is 0 Å². The van der Waals surface area contributed by atoms with Crippen molar-refractivity contribution in [2.24, 2.45) is 0 Å². The largest absolute Gasteiger partial charge is 0.495 e. The van der Waals surface area contributed by atoms with E-state index in [2.05, 4.69) is 5.32 Å². The van der Waals surface area contributed by atoms with Crippen LogP contribution in [-0.2, 0) is 10.0 Å². The van der Waals surface area contributed by atoms with Gasteiger partial charge < -0.3 is 14.8 Å². The fraction of sp³-hybridized carbons (Fsp3) is 0.278. The van der Waals surface area contributed by atoms with Crippen LogP contribution in [0.2, 0.25) is 5.02 Å². The minimum absolute atomic E-state index is 0.116. The Morgan fingerprint density at radius 2 is 1.89 bits per heavy atom. The van der Waals surface area contributed by atoms with E-state index in [1.807, 2.05) is 0 Å². The number of hydrogen-bond donors (Lipinski definition) is 1. The Balaban J connectivity index is 1.87. The van der Waals surface area contributed by atoms with Gasteiger partial charge in [0.05, 0.1) is 36.4 Å². The molecule has 1 heterocycles. The number of carbonyl (C=O) groups excluding carboxylic acids is 1. The van der Waals surface area contributed by atoms with Crippen molar-refractivity contribution >= 4 is 38.9 Å². The molecule has 0 bridgehead atoms. The van der Waals surface area contributed by atoms with Crippen molar-refractivity contribution in [2.75, 3.05) is 36.1 Å². The normalized spacial score (nSPS) is 15.4. The van der Waals surface area contributed by atoms with Crippen LogP contribution >= 0.6 is 11.6 Å². The second-order valence-corrected chi connectivity index (χ2v) is 8.35. The van der Waals surface area contributed by atoms with E-state index in [9.17, 15) is 13.2 Å². The summed E-state index contributed by atoms with van der Waals surface area (Å²) < 4.78 is 35.9. The van der Waals surface area contributed by atoms with Gasteiger partial charge >= 0.3 is 0 Å². The van der Waals surface area contributed by atoms with E-state index in [-0.39, 0.29) is 5.75 Å². The zero-order valence-electron chi connectivity index (χ0n) is 14.9. The van der Waals surface area contributed by atoms with Crippen LogP contribution in [0.4, 0.5) is 11.4 Å². The van der Waals surface area contributed by atoms with Crippen LogP contribution in [0.3, 0.4) is 0 Å². The first-order valence-electron chi connectivity index (χ1n) is 8.19. The van der Waals surface area contributed by atoms with Gasteiger partial charge in [0.15, 0.2) is 0 Å². The average Bonchev–Trinajstić information content (AvgIpc) is 3.01. The van der Waals surface area contributed by atoms with Crippen molar-refractivity contribution in [2.45, 2.75) is 6.42 Å². The third-order valence-electron chi connectivity index (χ3n) is 4.22. The molecule has 2 aromatic carbocycles. The van der Waals surface area contributed by atoms with Crippen LogP contribution in [0.5, 0.6) is 11.5 Å². The zero-order valence-corrected chi connectivity index (χ0v) is 16.4. The molecule has 1 fully saturated rings. The molecule has 1 aliphatic rings. The van der Waals surface area contributed by atoms with Crippen molar-refractivity contribution < 1.29 is 22.7 Å². The topological polar surface area (TPSA) is 84.9 Å². The van der Waals surface area contributed by atoms with E-state index in [1.165, 1.54) is 24.6 Å². The maximum Gasteiger partial charge on any atom is 0.255 e. The molecular weight excluding hydrogens is 392 g/mol. The van der Waals surface area contributed by atoms with Crippen LogP contribution in [-0.4, -0.2) is 40.8 Å². The number of anilines is 2. The van der Waals surface area contributed by atoms with Gasteiger partial charge in [0.25, 0.3) is 5.91 Å². The minimum Gasteiger partial charge on any atom is -0.495 e. The first-order valence-corrected chi connectivity index (χ1v) is 10.2. The number of sulfonamides is 1. The van der Waals surface area contributed by atoms with E-state index < -0.39 is 15.9 Å². The third-order valence-corrected chi connectivity index (χ3v) is 6.38. The molecule has 0 atom stereocenters. The van der Waals surface area contributed by atoms with Gasteiger partial charge in [0, 0.05) is 18.2 Å². The summed E-state index contributed by atoms with van der Waals surface area (Å²) in [4.78, 5) is 12.7. The molecule has 1 saturated heterocycles. The number of benzene rings is 2. The molecule has 1 N–H and O–H groups in total. The Labute approximate surface area is 162 Å². The number of amides is 1. The number of nitrogens with zero attached hydrogens (tertiary/aromatic N) is 1. The molecule has 0 aromatic heterocycles. The standard InChI is InChI=1S/C18H19ClN2O5S/c1-25-16-11-17(26-2)15(10-14(16)19)20-18(22)12-5-3-6-13(9-12)21-7-4-8-27(21,23)24/h3,5-6,9-11H,4,7-8H2,1-2H3,(H,20,22). The molecule has 0 unspecified atom stereocenters. The number of ether oxygens (including phenoxy) is 2. The van der Waals surface area contributed by atoms with Crippen molar-refractivity contribution in [3.8, 4) is 11.5 Å². The van der Waals surface area contributed by atoms with E-state index in [0.29, 0.717) is 46.4 Å². The number of nitrogens with one attached hydrogen (secondary N) is 1. The summed E-state index contributed by atoms with van der Waals surface area (Å²) in [5.74, 6) is 0.522. The molecule has 0 radical (unpaired) electrons. The number of hydrogen-bond acceptors (Lipinski definition) is 5. The molecule has 27 heavy (non-hydrogen) atoms. The highest BCUT2D eigenvalue weighted by molar-refractivity contribution is 7.93. The molecular formula is C18H19ClN2O5S. The van der Waals surface area contributed by atoms with Crippen molar-refractivity contribution in [3.05, 3.63) is 47.0 Å². The van der Waals surface area contributed by atoms with E-state index >= 15 is 0 Å². The van der Waals surface area contributed by atoms with Crippen molar-refractivity contribution in [1.29, 1.82) is 0 Å². The van der Waals surface area contributed by atoms with Crippen LogP contribution in [0, 0.1) is 0 Å². The first-order chi connectivity index (χ1) is 12.9. The summed E-state index contributed by atoms with van der Waals surface area (Å²) in [6.45, 7) is 0.412. The predicted molar refractivity (Wildman–Crippen MR) is 105 cm³/mol. The van der Waals surface area contributed by atoms with Gasteiger partial charge in [0.2, 0.25) is 10.0 Å². The molecule has 144 valence electrons. The van der Waals surface area contributed by atoms with E-state index in [0.717, 1.165) is 0 Å². The lowest BCUT2D eigenvalue weighted by atomic mass is 10.1. The average molecular weight is 411 g/mol. The number of halogens is 1. The van der Waals surface area contributed by atoms with Crippen LogP contribution in [0.25, 0.3) is 0 Å². The molecule has 3 rings (SSSR count). The highest BCUT2D eigenvalue weighted by Crippen LogP contribution is 2.36. The molecule has 1 amide bonds. The Hall–Kier alpha value is -2.45. The predicted octanol–water partition coefficient (Wildman–Crippen LogP) is 3.15. The molecule has 9 heteroatoms. The first kappa shape index (κ1) is 19.3. The molecule has 1 aliphatic heterocycles. The van der Waals surface area contributed by atoms with Crippen LogP contribution < -0.4 is 19.1 Å². The molecule has 0 spiro atoms. The Morgan fingerprint density at radius 1 is 1.15 bits per heavy atom. The lowest BCUT2D eigenvalue weighted by Crippen LogP contribution is -2.25. The van der Waals surface area contributed by atoms with Crippen molar-refractivity contribution in [3.63, 3.8) is 0 Å². The van der Waals surface area contributed by atoms with Gasteiger partial charge in [-0.2, -0.15) is 0 Å². The SMILES string of the molecule is COc1cc(OC)c(NC(=O)c2cccc(N3CCCS3(=O)=O)c2)cc1Cl. The van der Waals surface area contributed by atoms with Gasteiger partial charge in [-0.05, 0) is 30.7 Å². The summed E-state index contributed by atoms with van der Waals surface area (Å²) >= 11 is 6.13. The summed E-state index contributed by atoms with van der Waals surface area (Å²) in [7, 11) is -0.363. The minimum atomic E-state index is -3.32. The van der Waals surface area contributed by atoms with E-state index in [4.69, 9.17) is 21.1 Å². The Kier molecular flexibility index (Phi) is 5.48. The molecule has 2 aromatic rings. The molecule has 0 saturated carbocycles. The zero-order chi connectivity index (χ0) is 19.6. The maximum atomic E-state index is 12.7. The Bertz CT molecular complexity index is 978. The van der Waals surface area contributed by atoms with Crippen LogP contribution in [0.15, 0.2) is 36.4 Å². The lowest BCUT2D eigenvalue weighted by molar-refractivity contribution is 0.102. The fourth-order valence-electron chi connectivity index (χ4n) is 2.88. The van der Waals surface area contributed by atoms with Crippen LogP contribution in [0.1, 0.15) is 16.8 Å². The van der Waals surface area contributed by atoms with Gasteiger partial charge in [-0.1, -0.05) is 17.7 Å². The Morgan fingerprint density at radius 3 is 2.52 bits per heavy atom. The maximum absolute atomic E-state index is 12.7. The highest BCUT2D eigenvalue weighted by atomic mass is 35.5. The smallest absolute Gasteiger partial charge is 0.255 e. The lowest BCUT2D eigenvalue weighted by Gasteiger charge is -2.18. The molecule has 7 nitrogen and oxygen atoms in total. The van der Waals surface area contributed by atoms with Gasteiger partial charge in [-0.25, -0.2) is 8.42 Å². The second kappa shape index (κ2) is 7.66. The van der Waals surface area contributed by atoms with Gasteiger partial charge in [0.1, 0.15) is 11.5 Å². The fourth-order valence-corrected chi connectivity index (χ4v) is 4.68. The van der Waals surface area contributed by atoms with Gasteiger partial charge in [-0.15, -0.1) is 0 Å². The summed E-state index contributed by atoms with van der Waals surface area (Å²) in [5.41, 5.74) is 1.18. The third kappa shape index (κ3) is 3.96. The summed E-state index contributed by atoms with van der Waals surface area (Å²) in [6, 6.07) is 9.59. The molecule has 0 aliphatic carbocycles. The van der Waals surface area contributed by atoms with E-state index in [1.54, 1.807) is 30.3 Å². The quantitative estimate of drug-likeness (QED) is 0.818. The monoisotopic (exact) mass is 410 g/mol. The highest BCUT2D eigenvalue weighted by Gasteiger charge is 2.28. The summed E-state index contributed by atoms with van der Waals surface area (Å²) in [5, 5.41) is 3.06. The second-order valence-electron chi connectivity index (χ2n) is 5.93. The number of methoxy groups -OCH3 is 2. The number of rotatable bonds is 5. The van der Waals surface area contributed by atoms with Gasteiger partial charge in [-0.3, -0.25) is 9.10 Å². The number of carbonyl (C=O) groups is 1. The summed E-state index contributed by atoms with van der Waals surface area (Å²) in [6.07, 6.45) is 0.570.